The molecule has 0 aliphatic carbocycles. The summed E-state index contributed by atoms with van der Waals surface area (Å²) in [5.41, 5.74) is 0.438. The molecule has 0 atom stereocenters. The minimum atomic E-state index is -0.430. The lowest BCUT2D eigenvalue weighted by molar-refractivity contribution is -0.0374. The third kappa shape index (κ3) is 3.55. The molecule has 0 saturated heterocycles. The Balaban J connectivity index is 2.57. The van der Waals surface area contributed by atoms with Gasteiger partial charge in [-0.2, -0.15) is 0 Å². The van der Waals surface area contributed by atoms with Gasteiger partial charge in [-0.25, -0.2) is 5.06 Å². The fourth-order valence-electron chi connectivity index (χ4n) is 1.21. The molecular weight excluding hydrogens is 206 g/mol. The molecule has 4 nitrogen and oxygen atoms in total. The highest BCUT2D eigenvalue weighted by Crippen LogP contribution is 2.13. The molecule has 1 amide bonds. The van der Waals surface area contributed by atoms with Gasteiger partial charge in [-0.15, -0.1) is 0 Å². The van der Waals surface area contributed by atoms with Crippen LogP contribution in [0, 0.1) is 0 Å². The van der Waals surface area contributed by atoms with Crippen molar-refractivity contribution in [3.05, 3.63) is 29.8 Å². The standard InChI is InChI=1S/C12H17NO3/c1-3-4-9-16-11-7-5-10(6-8-11)12(14)13(2)15/h5-8,15H,3-4,9H2,1-2H3. The van der Waals surface area contributed by atoms with Crippen molar-refractivity contribution in [3.8, 4) is 5.75 Å². The molecule has 0 radical (unpaired) electrons. The number of carbonyl (C=O) groups excluding carboxylic acids is 1. The third-order valence-corrected chi connectivity index (χ3v) is 2.16. The van der Waals surface area contributed by atoms with Gasteiger partial charge in [-0.1, -0.05) is 13.3 Å². The Labute approximate surface area is 95.4 Å². The second-order valence-corrected chi connectivity index (χ2v) is 3.56. The molecule has 0 bridgehead atoms. The van der Waals surface area contributed by atoms with Gasteiger partial charge in [0.1, 0.15) is 5.75 Å². The molecule has 0 fully saturated rings. The van der Waals surface area contributed by atoms with Crippen molar-refractivity contribution in [2.24, 2.45) is 0 Å². The zero-order valence-corrected chi connectivity index (χ0v) is 9.64. The highest BCUT2D eigenvalue weighted by molar-refractivity contribution is 5.93. The first-order chi connectivity index (χ1) is 7.65. The van der Waals surface area contributed by atoms with Crippen LogP contribution in [0.2, 0.25) is 0 Å². The van der Waals surface area contributed by atoms with E-state index < -0.39 is 5.91 Å². The van der Waals surface area contributed by atoms with Gasteiger partial charge in [0, 0.05) is 12.6 Å². The Morgan fingerprint density at radius 2 is 2.00 bits per heavy atom. The topological polar surface area (TPSA) is 49.8 Å². The van der Waals surface area contributed by atoms with Crippen LogP contribution in [0.5, 0.6) is 5.75 Å². The fourth-order valence-corrected chi connectivity index (χ4v) is 1.21. The van der Waals surface area contributed by atoms with E-state index in [2.05, 4.69) is 6.92 Å². The molecule has 0 saturated carbocycles. The number of hydrogen-bond donors (Lipinski definition) is 1. The minimum absolute atomic E-state index is 0.430. The normalized spacial score (nSPS) is 9.94. The smallest absolute Gasteiger partial charge is 0.276 e. The van der Waals surface area contributed by atoms with Gasteiger partial charge in [-0.05, 0) is 30.7 Å². The second kappa shape index (κ2) is 6.12. The van der Waals surface area contributed by atoms with Gasteiger partial charge in [0.25, 0.3) is 5.91 Å². The van der Waals surface area contributed by atoms with E-state index in [9.17, 15) is 4.79 Å². The van der Waals surface area contributed by atoms with Gasteiger partial charge in [0.15, 0.2) is 0 Å². The zero-order valence-electron chi connectivity index (χ0n) is 9.64. The SMILES string of the molecule is CCCCOc1ccc(C(=O)N(C)O)cc1. The highest BCUT2D eigenvalue weighted by Gasteiger charge is 2.08. The number of benzene rings is 1. The first-order valence-electron chi connectivity index (χ1n) is 5.35. The van der Waals surface area contributed by atoms with Crippen LogP contribution in [0.4, 0.5) is 0 Å². The van der Waals surface area contributed by atoms with E-state index in [4.69, 9.17) is 9.94 Å². The predicted molar refractivity (Wildman–Crippen MR) is 60.7 cm³/mol. The summed E-state index contributed by atoms with van der Waals surface area (Å²) in [5, 5.41) is 9.53. The molecule has 0 spiro atoms. The van der Waals surface area contributed by atoms with Gasteiger partial charge < -0.3 is 4.74 Å². The van der Waals surface area contributed by atoms with E-state index in [1.165, 1.54) is 7.05 Å². The Kier molecular flexibility index (Phi) is 4.79. The lowest BCUT2D eigenvalue weighted by atomic mass is 10.2. The number of nitrogens with zero attached hydrogens (tertiary/aromatic N) is 1. The number of ether oxygens (including phenoxy) is 1. The summed E-state index contributed by atoms with van der Waals surface area (Å²) >= 11 is 0. The molecule has 1 aromatic carbocycles. The Bertz CT molecular complexity index is 333. The maximum Gasteiger partial charge on any atom is 0.276 e. The van der Waals surface area contributed by atoms with Crippen LogP contribution in [0.1, 0.15) is 30.1 Å². The summed E-state index contributed by atoms with van der Waals surface area (Å²) in [6.07, 6.45) is 2.10. The average Bonchev–Trinajstić information content (AvgIpc) is 2.29. The number of hydroxylamine groups is 2. The van der Waals surface area contributed by atoms with E-state index in [1.54, 1.807) is 24.3 Å². The maximum atomic E-state index is 11.4. The van der Waals surface area contributed by atoms with Crippen molar-refractivity contribution in [1.29, 1.82) is 0 Å². The Morgan fingerprint density at radius 1 is 1.38 bits per heavy atom. The van der Waals surface area contributed by atoms with Crippen molar-refractivity contribution >= 4 is 5.91 Å². The summed E-state index contributed by atoms with van der Waals surface area (Å²) in [4.78, 5) is 11.4. The van der Waals surface area contributed by atoms with Crippen LogP contribution in [0.25, 0.3) is 0 Å². The second-order valence-electron chi connectivity index (χ2n) is 3.56. The molecular formula is C12H17NO3. The maximum absolute atomic E-state index is 11.4. The summed E-state index contributed by atoms with van der Waals surface area (Å²) in [6.45, 7) is 2.78. The summed E-state index contributed by atoms with van der Waals surface area (Å²) in [7, 11) is 1.30. The van der Waals surface area contributed by atoms with E-state index in [-0.39, 0.29) is 0 Å². The van der Waals surface area contributed by atoms with Crippen LogP contribution >= 0.6 is 0 Å². The number of carbonyl (C=O) groups is 1. The number of amides is 1. The van der Waals surface area contributed by atoms with Gasteiger partial charge in [0.2, 0.25) is 0 Å². The minimum Gasteiger partial charge on any atom is -0.494 e. The predicted octanol–water partition coefficient (Wildman–Crippen LogP) is 2.33. The molecule has 1 N–H and O–H groups in total. The Hall–Kier alpha value is -1.55. The van der Waals surface area contributed by atoms with E-state index >= 15 is 0 Å². The Morgan fingerprint density at radius 3 is 2.50 bits per heavy atom. The van der Waals surface area contributed by atoms with Gasteiger partial charge in [0.05, 0.1) is 6.61 Å². The lowest BCUT2D eigenvalue weighted by Crippen LogP contribution is -2.22. The number of unbranched alkanes of at least 4 members (excludes halogenated alkanes) is 1. The molecule has 0 aromatic heterocycles. The largest absolute Gasteiger partial charge is 0.494 e. The number of rotatable bonds is 5. The van der Waals surface area contributed by atoms with Gasteiger partial charge >= 0.3 is 0 Å². The van der Waals surface area contributed by atoms with Crippen molar-refractivity contribution in [2.75, 3.05) is 13.7 Å². The van der Waals surface area contributed by atoms with E-state index in [0.717, 1.165) is 18.6 Å². The summed E-state index contributed by atoms with van der Waals surface area (Å²) in [5.74, 6) is 0.311. The molecule has 88 valence electrons. The molecule has 16 heavy (non-hydrogen) atoms. The van der Waals surface area contributed by atoms with Crippen molar-refractivity contribution in [2.45, 2.75) is 19.8 Å². The molecule has 0 heterocycles. The molecule has 0 unspecified atom stereocenters. The molecule has 1 rings (SSSR count). The van der Waals surface area contributed by atoms with Crippen LogP contribution in [-0.4, -0.2) is 29.8 Å². The van der Waals surface area contributed by atoms with Crippen LogP contribution in [-0.2, 0) is 0 Å². The zero-order chi connectivity index (χ0) is 12.0. The monoisotopic (exact) mass is 223 g/mol. The highest BCUT2D eigenvalue weighted by atomic mass is 16.5. The first-order valence-corrected chi connectivity index (χ1v) is 5.35. The first kappa shape index (κ1) is 12.5. The van der Waals surface area contributed by atoms with Gasteiger partial charge in [-0.3, -0.25) is 10.0 Å². The third-order valence-electron chi connectivity index (χ3n) is 2.16. The molecule has 0 aliphatic heterocycles. The van der Waals surface area contributed by atoms with Crippen LogP contribution in [0.3, 0.4) is 0 Å². The van der Waals surface area contributed by atoms with Crippen molar-refractivity contribution in [3.63, 3.8) is 0 Å². The van der Waals surface area contributed by atoms with E-state index in [0.29, 0.717) is 17.2 Å². The van der Waals surface area contributed by atoms with Crippen LogP contribution in [0.15, 0.2) is 24.3 Å². The number of hydrogen-bond acceptors (Lipinski definition) is 3. The van der Waals surface area contributed by atoms with Crippen LogP contribution < -0.4 is 4.74 Å². The average molecular weight is 223 g/mol. The summed E-state index contributed by atoms with van der Waals surface area (Å²) < 4.78 is 5.45. The van der Waals surface area contributed by atoms with Crippen molar-refractivity contribution in [1.82, 2.24) is 5.06 Å². The summed E-state index contributed by atoms with van der Waals surface area (Å²) in [6, 6.07) is 6.73. The molecule has 0 aliphatic rings. The van der Waals surface area contributed by atoms with Crippen molar-refractivity contribution < 1.29 is 14.7 Å². The fraction of sp³-hybridized carbons (Fsp3) is 0.417. The molecule has 4 heteroatoms. The quantitative estimate of drug-likeness (QED) is 0.473. The lowest BCUT2D eigenvalue weighted by Gasteiger charge is -2.09. The van der Waals surface area contributed by atoms with E-state index in [1.807, 2.05) is 0 Å². The molecule has 1 aromatic rings.